The number of rotatable bonds is 3. The van der Waals surface area contributed by atoms with Crippen molar-refractivity contribution in [2.75, 3.05) is 19.1 Å². The number of anilines is 1. The number of carbonyl (C=O) groups excluding carboxylic acids is 1. The molecule has 1 radical (unpaired) electrons. The molecular weight excluding hydrogens is 266 g/mol. The lowest BCUT2D eigenvalue weighted by Crippen LogP contribution is -2.26. The molecule has 5 nitrogen and oxygen atoms in total. The molecule has 0 aliphatic carbocycles. The van der Waals surface area contributed by atoms with Crippen LogP contribution in [0.4, 0.5) is 5.82 Å². The molecule has 5 heteroatoms. The standard InChI is InChI=1S/C16H14N3O2/c1-19(15-5-3-4-8-17-15)16(20)13-10-18-14-7-6-11(21-2)9-12(13)14/h3-9,18H,1-2H3. The van der Waals surface area contributed by atoms with Crippen molar-refractivity contribution in [2.45, 2.75) is 0 Å². The van der Waals surface area contributed by atoms with Crippen LogP contribution in [-0.4, -0.2) is 30.0 Å². The number of amides is 1. The summed E-state index contributed by atoms with van der Waals surface area (Å²) in [5.41, 5.74) is 1.31. The highest BCUT2D eigenvalue weighted by atomic mass is 16.5. The van der Waals surface area contributed by atoms with Crippen LogP contribution in [0.5, 0.6) is 5.75 Å². The van der Waals surface area contributed by atoms with Crippen LogP contribution in [-0.2, 0) is 0 Å². The first kappa shape index (κ1) is 13.2. The van der Waals surface area contributed by atoms with Gasteiger partial charge >= 0.3 is 0 Å². The number of aromatic amines is 1. The monoisotopic (exact) mass is 280 g/mol. The predicted molar refractivity (Wildman–Crippen MR) is 80.7 cm³/mol. The van der Waals surface area contributed by atoms with E-state index in [1.165, 1.54) is 4.90 Å². The fourth-order valence-corrected chi connectivity index (χ4v) is 2.16. The number of hydrogen-bond acceptors (Lipinski definition) is 3. The maximum absolute atomic E-state index is 12.6. The van der Waals surface area contributed by atoms with Gasteiger partial charge in [0, 0.05) is 24.1 Å². The molecule has 3 rings (SSSR count). The van der Waals surface area contributed by atoms with Gasteiger partial charge in [0.2, 0.25) is 0 Å². The minimum Gasteiger partial charge on any atom is -0.497 e. The third-order valence-electron chi connectivity index (χ3n) is 3.33. The van der Waals surface area contributed by atoms with Crippen LogP contribution in [0.3, 0.4) is 0 Å². The number of carbonyl (C=O) groups is 1. The maximum atomic E-state index is 12.6. The topological polar surface area (TPSA) is 58.2 Å². The first-order chi connectivity index (χ1) is 10.2. The second-order valence-electron chi connectivity index (χ2n) is 4.59. The summed E-state index contributed by atoms with van der Waals surface area (Å²) >= 11 is 0. The van der Waals surface area contributed by atoms with Crippen LogP contribution >= 0.6 is 0 Å². The minimum atomic E-state index is -0.173. The van der Waals surface area contributed by atoms with E-state index in [1.54, 1.807) is 26.4 Å². The molecule has 2 aromatic heterocycles. The lowest BCUT2D eigenvalue weighted by Gasteiger charge is -2.15. The van der Waals surface area contributed by atoms with Crippen molar-refractivity contribution in [3.05, 3.63) is 54.4 Å². The first-order valence-electron chi connectivity index (χ1n) is 6.47. The van der Waals surface area contributed by atoms with Crippen LogP contribution in [0.1, 0.15) is 10.4 Å². The number of nitrogens with zero attached hydrogens (tertiary/aromatic N) is 2. The Hall–Kier alpha value is -2.82. The number of nitrogens with one attached hydrogen (secondary N) is 1. The molecule has 0 unspecified atom stereocenters. The van der Waals surface area contributed by atoms with Crippen LogP contribution in [0.25, 0.3) is 10.9 Å². The molecule has 0 spiro atoms. The molecule has 0 aliphatic heterocycles. The molecule has 3 aromatic rings. The zero-order valence-corrected chi connectivity index (χ0v) is 11.8. The van der Waals surface area contributed by atoms with E-state index < -0.39 is 0 Å². The summed E-state index contributed by atoms with van der Waals surface area (Å²) in [5.74, 6) is 1.12. The van der Waals surface area contributed by atoms with E-state index in [2.05, 4.69) is 16.2 Å². The van der Waals surface area contributed by atoms with E-state index in [-0.39, 0.29) is 5.91 Å². The summed E-state index contributed by atoms with van der Waals surface area (Å²) in [5, 5.41) is 0.780. The Labute approximate surface area is 122 Å². The number of ether oxygens (including phenoxy) is 1. The van der Waals surface area contributed by atoms with E-state index in [1.807, 2.05) is 30.3 Å². The first-order valence-corrected chi connectivity index (χ1v) is 6.47. The summed E-state index contributed by atoms with van der Waals surface area (Å²) in [6.45, 7) is 0. The average Bonchev–Trinajstić information content (AvgIpc) is 2.97. The molecule has 0 saturated carbocycles. The fourth-order valence-electron chi connectivity index (χ4n) is 2.16. The van der Waals surface area contributed by atoms with Gasteiger partial charge in [0.1, 0.15) is 11.6 Å². The van der Waals surface area contributed by atoms with E-state index in [0.29, 0.717) is 17.1 Å². The molecular formula is C16H14N3O2. The predicted octanol–water partition coefficient (Wildman–Crippen LogP) is 2.65. The number of hydrogen-bond donors (Lipinski definition) is 1. The highest BCUT2D eigenvalue weighted by Crippen LogP contribution is 2.25. The number of methoxy groups -OCH3 is 1. The van der Waals surface area contributed by atoms with E-state index in [4.69, 9.17) is 4.74 Å². The van der Waals surface area contributed by atoms with Crippen LogP contribution < -0.4 is 9.64 Å². The van der Waals surface area contributed by atoms with Crippen molar-refractivity contribution in [3.63, 3.8) is 0 Å². The Balaban J connectivity index is 2.01. The lowest BCUT2D eigenvalue weighted by atomic mass is 10.1. The zero-order valence-electron chi connectivity index (χ0n) is 11.8. The quantitative estimate of drug-likeness (QED) is 0.802. The number of pyridine rings is 1. The third-order valence-corrected chi connectivity index (χ3v) is 3.33. The van der Waals surface area contributed by atoms with E-state index >= 15 is 0 Å². The molecule has 0 fully saturated rings. The summed E-state index contributed by atoms with van der Waals surface area (Å²) < 4.78 is 5.21. The van der Waals surface area contributed by atoms with Gasteiger partial charge in [0.25, 0.3) is 5.91 Å². The highest BCUT2D eigenvalue weighted by Gasteiger charge is 2.19. The highest BCUT2D eigenvalue weighted by molar-refractivity contribution is 6.13. The number of aromatic nitrogens is 2. The summed E-state index contributed by atoms with van der Waals surface area (Å²) in [4.78, 5) is 21.3. The van der Waals surface area contributed by atoms with Gasteiger partial charge in [-0.05, 0) is 30.3 Å². The van der Waals surface area contributed by atoms with Crippen LogP contribution in [0.15, 0.2) is 42.6 Å². The van der Waals surface area contributed by atoms with Gasteiger partial charge < -0.3 is 9.72 Å². The van der Waals surface area contributed by atoms with Crippen molar-refractivity contribution in [1.82, 2.24) is 9.97 Å². The van der Waals surface area contributed by atoms with Crippen molar-refractivity contribution < 1.29 is 9.53 Å². The second kappa shape index (κ2) is 5.28. The molecule has 2 heterocycles. The largest absolute Gasteiger partial charge is 0.497 e. The number of benzene rings is 1. The molecule has 0 bridgehead atoms. The molecule has 0 atom stereocenters. The van der Waals surface area contributed by atoms with Crippen molar-refractivity contribution in [1.29, 1.82) is 0 Å². The summed E-state index contributed by atoms with van der Waals surface area (Å²) in [7, 11) is 3.29. The smallest absolute Gasteiger partial charge is 0.262 e. The van der Waals surface area contributed by atoms with Gasteiger partial charge in [-0.3, -0.25) is 9.69 Å². The fraction of sp³-hybridized carbons (Fsp3) is 0.125. The van der Waals surface area contributed by atoms with Gasteiger partial charge in [-0.25, -0.2) is 4.98 Å². The molecule has 1 amide bonds. The van der Waals surface area contributed by atoms with Crippen molar-refractivity contribution >= 4 is 22.6 Å². The van der Waals surface area contributed by atoms with Crippen LogP contribution in [0.2, 0.25) is 0 Å². The molecule has 105 valence electrons. The van der Waals surface area contributed by atoms with Gasteiger partial charge in [-0.1, -0.05) is 6.07 Å². The van der Waals surface area contributed by atoms with Gasteiger partial charge in [0.05, 0.1) is 18.9 Å². The second-order valence-corrected chi connectivity index (χ2v) is 4.59. The van der Waals surface area contributed by atoms with Crippen LogP contribution in [0, 0.1) is 6.20 Å². The van der Waals surface area contributed by atoms with Gasteiger partial charge in [-0.2, -0.15) is 0 Å². The Morgan fingerprint density at radius 2 is 2.19 bits per heavy atom. The van der Waals surface area contributed by atoms with Gasteiger partial charge in [0.15, 0.2) is 0 Å². The average molecular weight is 280 g/mol. The Morgan fingerprint density at radius 1 is 1.33 bits per heavy atom. The number of H-pyrrole nitrogens is 1. The van der Waals surface area contributed by atoms with Crippen molar-refractivity contribution in [2.24, 2.45) is 0 Å². The Morgan fingerprint density at radius 3 is 2.90 bits per heavy atom. The minimum absolute atomic E-state index is 0.173. The molecule has 21 heavy (non-hydrogen) atoms. The Kier molecular flexibility index (Phi) is 3.31. The SMILES string of the molecule is COc1ccc2[nH][c]c(C(=O)N(C)c3ccccn3)c2c1. The van der Waals surface area contributed by atoms with E-state index in [9.17, 15) is 4.79 Å². The number of fused-ring (bicyclic) bond motifs is 1. The zero-order chi connectivity index (χ0) is 14.8. The normalized spacial score (nSPS) is 10.6. The van der Waals surface area contributed by atoms with Gasteiger partial charge in [-0.15, -0.1) is 0 Å². The molecule has 1 aromatic carbocycles. The molecule has 0 saturated heterocycles. The van der Waals surface area contributed by atoms with E-state index in [0.717, 1.165) is 10.9 Å². The van der Waals surface area contributed by atoms with Crippen molar-refractivity contribution in [3.8, 4) is 5.75 Å². The molecule has 1 N–H and O–H groups in total. The maximum Gasteiger partial charge on any atom is 0.262 e. The Bertz CT molecular complexity index is 781. The molecule has 0 aliphatic rings. The third kappa shape index (κ3) is 2.33. The summed E-state index contributed by atoms with van der Waals surface area (Å²) in [6, 6.07) is 11.0. The lowest BCUT2D eigenvalue weighted by molar-refractivity contribution is 0.0993. The summed E-state index contributed by atoms with van der Waals surface area (Å²) in [6.07, 6.45) is 4.57.